The summed E-state index contributed by atoms with van der Waals surface area (Å²) in [4.78, 5) is 11.0. The Hall–Kier alpha value is -2.49. The Kier molecular flexibility index (Phi) is 3.52. The molecule has 21 heavy (non-hydrogen) atoms. The van der Waals surface area contributed by atoms with Crippen molar-refractivity contribution in [2.45, 2.75) is 19.4 Å². The summed E-state index contributed by atoms with van der Waals surface area (Å²) in [5.41, 5.74) is 2.32. The number of aryl methyl sites for hydroxylation is 1. The van der Waals surface area contributed by atoms with E-state index >= 15 is 0 Å². The van der Waals surface area contributed by atoms with Crippen LogP contribution in [-0.2, 0) is 6.42 Å². The quantitative estimate of drug-likeness (QED) is 0.937. The lowest BCUT2D eigenvalue weighted by atomic mass is 10.1. The molecule has 1 unspecified atom stereocenters. The Morgan fingerprint density at radius 3 is 2.90 bits per heavy atom. The average Bonchev–Trinajstić information content (AvgIpc) is 2.89. The Morgan fingerprint density at radius 1 is 1.33 bits per heavy atom. The number of fused-ring (bicyclic) bond motifs is 1. The normalized spacial score (nSPS) is 16.1. The van der Waals surface area contributed by atoms with Gasteiger partial charge in [0, 0.05) is 6.42 Å². The SMILES string of the molecule is Cc1ccc(C(=O)O)cc1OCC1Cc2ccccc2O1. The zero-order valence-corrected chi connectivity index (χ0v) is 11.7. The minimum atomic E-state index is -0.954. The van der Waals surface area contributed by atoms with Crippen molar-refractivity contribution >= 4 is 5.97 Å². The summed E-state index contributed by atoms with van der Waals surface area (Å²) >= 11 is 0. The van der Waals surface area contributed by atoms with E-state index in [0.717, 1.165) is 17.7 Å². The number of ether oxygens (including phenoxy) is 2. The molecule has 1 heterocycles. The predicted octanol–water partition coefficient (Wildman–Crippen LogP) is 3.08. The Labute approximate surface area is 122 Å². The second kappa shape index (κ2) is 5.48. The Balaban J connectivity index is 1.67. The molecule has 1 N–H and O–H groups in total. The number of aromatic carboxylic acids is 1. The van der Waals surface area contributed by atoms with Gasteiger partial charge in [0.1, 0.15) is 24.2 Å². The molecular weight excluding hydrogens is 268 g/mol. The summed E-state index contributed by atoms with van der Waals surface area (Å²) in [5, 5.41) is 9.02. The fourth-order valence-corrected chi connectivity index (χ4v) is 2.42. The fraction of sp³-hybridized carbons (Fsp3) is 0.235. The maximum Gasteiger partial charge on any atom is 0.335 e. The topological polar surface area (TPSA) is 55.8 Å². The second-order valence-corrected chi connectivity index (χ2v) is 5.15. The van der Waals surface area contributed by atoms with Crippen molar-refractivity contribution < 1.29 is 19.4 Å². The van der Waals surface area contributed by atoms with Gasteiger partial charge in [-0.15, -0.1) is 0 Å². The second-order valence-electron chi connectivity index (χ2n) is 5.15. The van der Waals surface area contributed by atoms with Crippen LogP contribution >= 0.6 is 0 Å². The number of carboxylic acids is 1. The largest absolute Gasteiger partial charge is 0.489 e. The molecule has 0 spiro atoms. The molecule has 1 aliphatic rings. The predicted molar refractivity (Wildman–Crippen MR) is 78.2 cm³/mol. The molecule has 0 saturated heterocycles. The molecular formula is C17H16O4. The van der Waals surface area contributed by atoms with Crippen molar-refractivity contribution in [2.24, 2.45) is 0 Å². The van der Waals surface area contributed by atoms with Crippen molar-refractivity contribution in [1.29, 1.82) is 0 Å². The van der Waals surface area contributed by atoms with E-state index in [1.54, 1.807) is 18.2 Å². The molecule has 0 radical (unpaired) electrons. The molecule has 0 amide bonds. The average molecular weight is 284 g/mol. The minimum Gasteiger partial charge on any atom is -0.489 e. The van der Waals surface area contributed by atoms with Crippen LogP contribution < -0.4 is 9.47 Å². The van der Waals surface area contributed by atoms with Crippen LogP contribution in [0.3, 0.4) is 0 Å². The van der Waals surface area contributed by atoms with E-state index in [1.807, 2.05) is 31.2 Å². The third-order valence-electron chi connectivity index (χ3n) is 3.57. The lowest BCUT2D eigenvalue weighted by Crippen LogP contribution is -2.22. The lowest BCUT2D eigenvalue weighted by molar-refractivity contribution is 0.0696. The molecule has 2 aromatic carbocycles. The molecule has 2 aromatic rings. The number of hydrogen-bond donors (Lipinski definition) is 1. The van der Waals surface area contributed by atoms with Gasteiger partial charge >= 0.3 is 5.97 Å². The molecule has 0 aromatic heterocycles. The van der Waals surface area contributed by atoms with Gasteiger partial charge in [-0.1, -0.05) is 24.3 Å². The summed E-state index contributed by atoms with van der Waals surface area (Å²) in [6.45, 7) is 2.30. The summed E-state index contributed by atoms with van der Waals surface area (Å²) in [5.74, 6) is 0.543. The zero-order valence-electron chi connectivity index (χ0n) is 11.7. The van der Waals surface area contributed by atoms with E-state index in [0.29, 0.717) is 12.4 Å². The van der Waals surface area contributed by atoms with E-state index in [4.69, 9.17) is 14.6 Å². The molecule has 108 valence electrons. The van der Waals surface area contributed by atoms with Crippen molar-refractivity contribution in [3.05, 3.63) is 59.2 Å². The maximum absolute atomic E-state index is 11.0. The molecule has 0 fully saturated rings. The van der Waals surface area contributed by atoms with Crippen LogP contribution in [0.2, 0.25) is 0 Å². The summed E-state index contributed by atoms with van der Waals surface area (Å²) in [6.07, 6.45) is 0.781. The van der Waals surface area contributed by atoms with E-state index in [9.17, 15) is 4.79 Å². The van der Waals surface area contributed by atoms with Crippen LogP contribution in [0.4, 0.5) is 0 Å². The first kappa shape index (κ1) is 13.5. The van der Waals surface area contributed by atoms with Gasteiger partial charge in [0.2, 0.25) is 0 Å². The first-order valence-corrected chi connectivity index (χ1v) is 6.85. The number of hydrogen-bond acceptors (Lipinski definition) is 3. The first-order chi connectivity index (χ1) is 10.1. The van der Waals surface area contributed by atoms with Gasteiger partial charge in [0.05, 0.1) is 5.56 Å². The zero-order chi connectivity index (χ0) is 14.8. The number of benzene rings is 2. The van der Waals surface area contributed by atoms with Crippen LogP contribution in [-0.4, -0.2) is 23.8 Å². The first-order valence-electron chi connectivity index (χ1n) is 6.85. The Morgan fingerprint density at radius 2 is 2.14 bits per heavy atom. The lowest BCUT2D eigenvalue weighted by Gasteiger charge is -2.14. The highest BCUT2D eigenvalue weighted by Gasteiger charge is 2.23. The van der Waals surface area contributed by atoms with Crippen LogP contribution in [0.15, 0.2) is 42.5 Å². The highest BCUT2D eigenvalue weighted by molar-refractivity contribution is 5.88. The molecule has 1 atom stereocenters. The van der Waals surface area contributed by atoms with E-state index in [1.165, 1.54) is 5.56 Å². The summed E-state index contributed by atoms with van der Waals surface area (Å²) < 4.78 is 11.6. The number of carboxylic acid groups (broad SMARTS) is 1. The minimum absolute atomic E-state index is 0.0321. The van der Waals surface area contributed by atoms with E-state index in [-0.39, 0.29) is 11.7 Å². The van der Waals surface area contributed by atoms with Gasteiger partial charge in [-0.25, -0.2) is 4.79 Å². The summed E-state index contributed by atoms with van der Waals surface area (Å²) in [6, 6.07) is 12.8. The number of para-hydroxylation sites is 1. The highest BCUT2D eigenvalue weighted by Crippen LogP contribution is 2.29. The molecule has 4 heteroatoms. The summed E-state index contributed by atoms with van der Waals surface area (Å²) in [7, 11) is 0. The van der Waals surface area contributed by atoms with E-state index < -0.39 is 5.97 Å². The Bertz CT molecular complexity index is 653. The molecule has 1 aliphatic heterocycles. The molecule has 0 saturated carbocycles. The van der Waals surface area contributed by atoms with Gasteiger partial charge in [0.25, 0.3) is 0 Å². The molecule has 3 rings (SSSR count). The molecule has 0 bridgehead atoms. The van der Waals surface area contributed by atoms with Gasteiger partial charge in [-0.05, 0) is 36.2 Å². The van der Waals surface area contributed by atoms with Crippen LogP contribution in [0.1, 0.15) is 21.5 Å². The molecule has 4 nitrogen and oxygen atoms in total. The van der Waals surface area contributed by atoms with Gasteiger partial charge in [-0.3, -0.25) is 0 Å². The van der Waals surface area contributed by atoms with Crippen LogP contribution in [0, 0.1) is 6.92 Å². The maximum atomic E-state index is 11.0. The van der Waals surface area contributed by atoms with Crippen molar-refractivity contribution in [3.63, 3.8) is 0 Å². The van der Waals surface area contributed by atoms with Gasteiger partial charge < -0.3 is 14.6 Å². The van der Waals surface area contributed by atoms with Crippen molar-refractivity contribution in [1.82, 2.24) is 0 Å². The third-order valence-corrected chi connectivity index (χ3v) is 3.57. The van der Waals surface area contributed by atoms with Gasteiger partial charge in [-0.2, -0.15) is 0 Å². The van der Waals surface area contributed by atoms with Crippen molar-refractivity contribution in [2.75, 3.05) is 6.61 Å². The van der Waals surface area contributed by atoms with E-state index in [2.05, 4.69) is 0 Å². The smallest absolute Gasteiger partial charge is 0.335 e. The highest BCUT2D eigenvalue weighted by atomic mass is 16.5. The number of carbonyl (C=O) groups is 1. The van der Waals surface area contributed by atoms with Gasteiger partial charge in [0.15, 0.2) is 0 Å². The monoisotopic (exact) mass is 284 g/mol. The number of rotatable bonds is 4. The third kappa shape index (κ3) is 2.84. The van der Waals surface area contributed by atoms with Crippen LogP contribution in [0.25, 0.3) is 0 Å². The standard InChI is InChI=1S/C17H16O4/c1-11-6-7-13(17(18)19)9-16(11)20-10-14-8-12-4-2-3-5-15(12)21-14/h2-7,9,14H,8,10H2,1H3,(H,18,19). The van der Waals surface area contributed by atoms with Crippen LogP contribution in [0.5, 0.6) is 11.5 Å². The van der Waals surface area contributed by atoms with Crippen molar-refractivity contribution in [3.8, 4) is 11.5 Å². The molecule has 0 aliphatic carbocycles. The fourth-order valence-electron chi connectivity index (χ4n) is 2.42.